The average Bonchev–Trinajstić information content (AvgIpc) is 2.49. The Hall–Kier alpha value is -1.87. The number of hydrogen-bond acceptors (Lipinski definition) is 2. The fraction of sp³-hybridized carbons (Fsp3) is 0.118. The number of pyridine rings is 1. The molecule has 0 aliphatic heterocycles. The van der Waals surface area contributed by atoms with Crippen LogP contribution in [0.1, 0.15) is 6.92 Å². The van der Waals surface area contributed by atoms with Gasteiger partial charge >= 0.3 is 0 Å². The molecule has 0 N–H and O–H groups in total. The van der Waals surface area contributed by atoms with Gasteiger partial charge < -0.3 is 4.74 Å². The summed E-state index contributed by atoms with van der Waals surface area (Å²) in [4.78, 5) is 4.72. The lowest BCUT2D eigenvalue weighted by Crippen LogP contribution is -1.92. The summed E-state index contributed by atoms with van der Waals surface area (Å²) in [7, 11) is 0. The molecule has 0 radical (unpaired) electrons. The molecule has 20 heavy (non-hydrogen) atoms. The van der Waals surface area contributed by atoms with Crippen LogP contribution in [0.25, 0.3) is 22.2 Å². The third-order valence-electron chi connectivity index (χ3n) is 3.11. The van der Waals surface area contributed by atoms with Crippen molar-refractivity contribution in [2.24, 2.45) is 0 Å². The van der Waals surface area contributed by atoms with Crippen LogP contribution >= 0.6 is 15.9 Å². The van der Waals surface area contributed by atoms with Crippen molar-refractivity contribution in [3.05, 3.63) is 59.1 Å². The zero-order valence-electron chi connectivity index (χ0n) is 11.1. The summed E-state index contributed by atoms with van der Waals surface area (Å²) in [6.07, 6.45) is 0. The van der Waals surface area contributed by atoms with Gasteiger partial charge in [0.05, 0.1) is 17.8 Å². The molecular weight excluding hydrogens is 314 g/mol. The van der Waals surface area contributed by atoms with E-state index in [1.807, 2.05) is 49.4 Å². The molecule has 100 valence electrons. The summed E-state index contributed by atoms with van der Waals surface area (Å²) in [5.74, 6) is 0.870. The van der Waals surface area contributed by atoms with Crippen LogP contribution in [0, 0.1) is 0 Å². The van der Waals surface area contributed by atoms with E-state index < -0.39 is 0 Å². The molecule has 1 aromatic heterocycles. The molecule has 0 amide bonds. The summed E-state index contributed by atoms with van der Waals surface area (Å²) >= 11 is 3.63. The maximum atomic E-state index is 5.54. The molecule has 0 saturated heterocycles. The van der Waals surface area contributed by atoms with E-state index in [2.05, 4.69) is 28.1 Å². The highest BCUT2D eigenvalue weighted by molar-refractivity contribution is 9.10. The Morgan fingerprint density at radius 2 is 1.85 bits per heavy atom. The van der Waals surface area contributed by atoms with Crippen molar-refractivity contribution in [3.63, 3.8) is 0 Å². The van der Waals surface area contributed by atoms with E-state index in [0.717, 1.165) is 32.4 Å². The van der Waals surface area contributed by atoms with E-state index in [4.69, 9.17) is 9.72 Å². The highest BCUT2D eigenvalue weighted by Crippen LogP contribution is 2.30. The molecular formula is C17H14BrNO. The molecule has 3 heteroatoms. The van der Waals surface area contributed by atoms with Crippen molar-refractivity contribution in [2.75, 3.05) is 6.61 Å². The van der Waals surface area contributed by atoms with Gasteiger partial charge in [-0.25, -0.2) is 4.98 Å². The summed E-state index contributed by atoms with van der Waals surface area (Å²) in [5.41, 5.74) is 3.04. The van der Waals surface area contributed by atoms with Gasteiger partial charge in [-0.2, -0.15) is 0 Å². The summed E-state index contributed by atoms with van der Waals surface area (Å²) in [5, 5.41) is 1.07. The van der Waals surface area contributed by atoms with Gasteiger partial charge in [-0.3, -0.25) is 0 Å². The standard InChI is InChI=1S/C17H14BrNO/c1-2-20-13-8-9-16-14(10-13)15(18)11-17(19-16)12-6-4-3-5-7-12/h3-11H,2H2,1H3. The van der Waals surface area contributed by atoms with Crippen molar-refractivity contribution in [2.45, 2.75) is 6.92 Å². The van der Waals surface area contributed by atoms with Gasteiger partial charge in [-0.05, 0) is 31.2 Å². The van der Waals surface area contributed by atoms with Crippen LogP contribution in [0.3, 0.4) is 0 Å². The molecule has 1 heterocycles. The van der Waals surface area contributed by atoms with Crippen LogP contribution in [0.15, 0.2) is 59.1 Å². The van der Waals surface area contributed by atoms with Crippen LogP contribution in [0.2, 0.25) is 0 Å². The fourth-order valence-electron chi connectivity index (χ4n) is 2.18. The first-order chi connectivity index (χ1) is 9.78. The number of ether oxygens (including phenoxy) is 1. The van der Waals surface area contributed by atoms with Crippen LogP contribution in [0.5, 0.6) is 5.75 Å². The van der Waals surface area contributed by atoms with E-state index in [-0.39, 0.29) is 0 Å². The van der Waals surface area contributed by atoms with Gasteiger partial charge in [0.25, 0.3) is 0 Å². The normalized spacial score (nSPS) is 10.7. The largest absolute Gasteiger partial charge is 0.494 e. The second-order valence-electron chi connectivity index (χ2n) is 4.47. The lowest BCUT2D eigenvalue weighted by molar-refractivity contribution is 0.340. The molecule has 3 rings (SSSR count). The number of aromatic nitrogens is 1. The number of benzene rings is 2. The zero-order valence-corrected chi connectivity index (χ0v) is 12.7. The number of halogens is 1. The van der Waals surface area contributed by atoms with Gasteiger partial charge in [0.1, 0.15) is 5.75 Å². The molecule has 0 aliphatic carbocycles. The second-order valence-corrected chi connectivity index (χ2v) is 5.32. The molecule has 0 fully saturated rings. The Morgan fingerprint density at radius 1 is 1.05 bits per heavy atom. The van der Waals surface area contributed by atoms with E-state index in [9.17, 15) is 0 Å². The maximum absolute atomic E-state index is 5.54. The molecule has 0 bridgehead atoms. The predicted octanol–water partition coefficient (Wildman–Crippen LogP) is 5.06. The van der Waals surface area contributed by atoms with Crippen molar-refractivity contribution in [1.82, 2.24) is 4.98 Å². The Kier molecular flexibility index (Phi) is 3.70. The van der Waals surface area contributed by atoms with Crippen molar-refractivity contribution in [3.8, 4) is 17.0 Å². The van der Waals surface area contributed by atoms with Gasteiger partial charge in [0.15, 0.2) is 0 Å². The van der Waals surface area contributed by atoms with Crippen molar-refractivity contribution in [1.29, 1.82) is 0 Å². The lowest BCUT2D eigenvalue weighted by atomic mass is 10.1. The molecule has 0 atom stereocenters. The van der Waals surface area contributed by atoms with E-state index in [1.165, 1.54) is 0 Å². The first-order valence-corrected chi connectivity index (χ1v) is 7.36. The zero-order chi connectivity index (χ0) is 13.9. The van der Waals surface area contributed by atoms with Gasteiger partial charge in [-0.1, -0.05) is 46.3 Å². The molecule has 2 aromatic carbocycles. The van der Waals surface area contributed by atoms with Gasteiger partial charge in [-0.15, -0.1) is 0 Å². The number of hydrogen-bond donors (Lipinski definition) is 0. The quantitative estimate of drug-likeness (QED) is 0.670. The summed E-state index contributed by atoms with van der Waals surface area (Å²) in [6, 6.07) is 18.2. The Balaban J connectivity index is 2.13. The number of nitrogens with zero attached hydrogens (tertiary/aromatic N) is 1. The second kappa shape index (κ2) is 5.63. The third-order valence-corrected chi connectivity index (χ3v) is 3.77. The molecule has 2 nitrogen and oxygen atoms in total. The summed E-state index contributed by atoms with van der Waals surface area (Å²) in [6.45, 7) is 2.65. The van der Waals surface area contributed by atoms with E-state index in [1.54, 1.807) is 0 Å². The first kappa shape index (κ1) is 13.1. The first-order valence-electron chi connectivity index (χ1n) is 6.56. The van der Waals surface area contributed by atoms with Crippen LogP contribution in [0.4, 0.5) is 0 Å². The SMILES string of the molecule is CCOc1ccc2nc(-c3ccccc3)cc(Br)c2c1. The average molecular weight is 328 g/mol. The minimum atomic E-state index is 0.665. The van der Waals surface area contributed by atoms with E-state index in [0.29, 0.717) is 6.61 Å². The van der Waals surface area contributed by atoms with Crippen LogP contribution in [-0.4, -0.2) is 11.6 Å². The fourth-order valence-corrected chi connectivity index (χ4v) is 2.71. The topological polar surface area (TPSA) is 22.1 Å². The molecule has 0 saturated carbocycles. The minimum absolute atomic E-state index is 0.665. The molecule has 0 spiro atoms. The number of rotatable bonds is 3. The predicted molar refractivity (Wildman–Crippen MR) is 86.0 cm³/mol. The van der Waals surface area contributed by atoms with Crippen LogP contribution < -0.4 is 4.74 Å². The Morgan fingerprint density at radius 3 is 2.60 bits per heavy atom. The third kappa shape index (κ3) is 2.54. The van der Waals surface area contributed by atoms with E-state index >= 15 is 0 Å². The van der Waals surface area contributed by atoms with Crippen LogP contribution in [-0.2, 0) is 0 Å². The smallest absolute Gasteiger partial charge is 0.120 e. The monoisotopic (exact) mass is 327 g/mol. The lowest BCUT2D eigenvalue weighted by Gasteiger charge is -2.08. The molecule has 0 aliphatic rings. The Bertz CT molecular complexity index is 741. The van der Waals surface area contributed by atoms with Gasteiger partial charge in [0.2, 0.25) is 0 Å². The summed E-state index contributed by atoms with van der Waals surface area (Å²) < 4.78 is 6.57. The highest BCUT2D eigenvalue weighted by Gasteiger charge is 2.07. The highest BCUT2D eigenvalue weighted by atomic mass is 79.9. The van der Waals surface area contributed by atoms with Crippen molar-refractivity contribution < 1.29 is 4.74 Å². The number of fused-ring (bicyclic) bond motifs is 1. The van der Waals surface area contributed by atoms with Crippen molar-refractivity contribution >= 4 is 26.8 Å². The molecule has 3 aromatic rings. The Labute approximate surface area is 126 Å². The molecule has 0 unspecified atom stereocenters. The van der Waals surface area contributed by atoms with Gasteiger partial charge in [0, 0.05) is 15.4 Å². The minimum Gasteiger partial charge on any atom is -0.494 e. The maximum Gasteiger partial charge on any atom is 0.120 e.